The number of hydrogen-bond acceptors (Lipinski definition) is 5. The maximum Gasteiger partial charge on any atom is 0.242 e. The van der Waals surface area contributed by atoms with Crippen molar-refractivity contribution in [2.45, 2.75) is 57.8 Å². The molecular weight excluding hydrogens is 388 g/mol. The molecule has 0 aromatic carbocycles. The Morgan fingerprint density at radius 2 is 2.10 bits per heavy atom. The third kappa shape index (κ3) is 5.10. The fraction of sp³-hybridized carbons (Fsp3) is 0.619. The Morgan fingerprint density at radius 3 is 2.79 bits per heavy atom. The van der Waals surface area contributed by atoms with Crippen LogP contribution in [0.15, 0.2) is 24.4 Å². The number of fused-ring (bicyclic) bond motifs is 1. The lowest BCUT2D eigenvalue weighted by Crippen LogP contribution is -2.15. The van der Waals surface area contributed by atoms with E-state index in [1.54, 1.807) is 4.40 Å². The van der Waals surface area contributed by atoms with Gasteiger partial charge in [0.2, 0.25) is 16.0 Å². The molecule has 2 aromatic heterocycles. The van der Waals surface area contributed by atoms with Crippen molar-refractivity contribution in [2.24, 2.45) is 11.8 Å². The van der Waals surface area contributed by atoms with Crippen molar-refractivity contribution < 1.29 is 13.2 Å². The number of pyridine rings is 1. The molecule has 0 saturated heterocycles. The third-order valence-electron chi connectivity index (χ3n) is 5.79. The second-order valence-electron chi connectivity index (χ2n) is 8.85. The van der Waals surface area contributed by atoms with Crippen LogP contribution in [0.3, 0.4) is 0 Å². The monoisotopic (exact) mass is 418 g/mol. The molecule has 2 aromatic rings. The van der Waals surface area contributed by atoms with E-state index in [2.05, 4.69) is 28.4 Å². The second kappa shape index (κ2) is 7.97. The molecule has 2 unspecified atom stereocenters. The fourth-order valence-corrected chi connectivity index (χ4v) is 4.96. The lowest BCUT2D eigenvalue weighted by molar-refractivity contribution is 0.263. The van der Waals surface area contributed by atoms with Gasteiger partial charge in [-0.15, -0.1) is 10.2 Å². The van der Waals surface area contributed by atoms with Gasteiger partial charge in [0.1, 0.15) is 5.75 Å². The number of rotatable bonds is 8. The first kappa shape index (κ1) is 20.2. The molecule has 2 aliphatic rings. The third-order valence-corrected chi connectivity index (χ3v) is 6.35. The summed E-state index contributed by atoms with van der Waals surface area (Å²) < 4.78 is 33.4. The Hall–Kier alpha value is -2.09. The van der Waals surface area contributed by atoms with Crippen LogP contribution >= 0.6 is 0 Å². The number of sulfonamides is 1. The van der Waals surface area contributed by atoms with E-state index in [0.29, 0.717) is 18.2 Å². The van der Waals surface area contributed by atoms with Gasteiger partial charge in [-0.1, -0.05) is 19.1 Å². The van der Waals surface area contributed by atoms with Crippen LogP contribution in [0.2, 0.25) is 0 Å². The van der Waals surface area contributed by atoms with Crippen LogP contribution in [0.25, 0.3) is 5.65 Å². The summed E-state index contributed by atoms with van der Waals surface area (Å²) in [5.41, 5.74) is 3.07. The number of allylic oxidation sites excluding steroid dienone is 1. The molecule has 29 heavy (non-hydrogen) atoms. The van der Waals surface area contributed by atoms with Gasteiger partial charge in [0, 0.05) is 17.8 Å². The fourth-order valence-electron chi connectivity index (χ4n) is 4.49. The first-order chi connectivity index (χ1) is 13.8. The number of nitrogens with one attached hydrogen (secondary N) is 1. The van der Waals surface area contributed by atoms with Crippen molar-refractivity contribution in [3.8, 4) is 5.75 Å². The van der Waals surface area contributed by atoms with Crippen LogP contribution in [0.1, 0.15) is 63.4 Å². The highest BCUT2D eigenvalue weighted by atomic mass is 32.2. The highest BCUT2D eigenvalue weighted by Crippen LogP contribution is 2.45. The molecule has 0 bridgehead atoms. The predicted molar refractivity (Wildman–Crippen MR) is 114 cm³/mol. The summed E-state index contributed by atoms with van der Waals surface area (Å²) in [6.45, 7) is 7.18. The van der Waals surface area contributed by atoms with Gasteiger partial charge in [-0.25, -0.2) is 8.42 Å². The Labute approximate surface area is 172 Å². The number of anilines is 1. The number of nitrogens with zero attached hydrogens (tertiary/aromatic N) is 3. The minimum absolute atomic E-state index is 0.211. The topological polar surface area (TPSA) is 85.6 Å². The van der Waals surface area contributed by atoms with Crippen molar-refractivity contribution in [3.63, 3.8) is 0 Å². The predicted octanol–water partition coefficient (Wildman–Crippen LogP) is 4.13. The molecule has 0 amide bonds. The minimum Gasteiger partial charge on any atom is -0.493 e. The van der Waals surface area contributed by atoms with Crippen LogP contribution in [0, 0.1) is 11.8 Å². The molecule has 0 aliphatic heterocycles. The molecule has 2 aliphatic carbocycles. The molecule has 2 fully saturated rings. The van der Waals surface area contributed by atoms with Crippen LogP contribution in [-0.4, -0.2) is 35.9 Å². The van der Waals surface area contributed by atoms with E-state index in [1.165, 1.54) is 18.4 Å². The lowest BCUT2D eigenvalue weighted by Gasteiger charge is -2.28. The van der Waals surface area contributed by atoms with Gasteiger partial charge in [-0.2, -0.15) is 0 Å². The summed E-state index contributed by atoms with van der Waals surface area (Å²) in [4.78, 5) is 0. The summed E-state index contributed by atoms with van der Waals surface area (Å²) in [5, 5.41) is 8.07. The number of ether oxygens (including phenoxy) is 1. The van der Waals surface area contributed by atoms with Crippen molar-refractivity contribution in [1.29, 1.82) is 0 Å². The molecule has 158 valence electrons. The lowest BCUT2D eigenvalue weighted by atomic mass is 9.78. The van der Waals surface area contributed by atoms with Gasteiger partial charge < -0.3 is 4.74 Å². The zero-order valence-corrected chi connectivity index (χ0v) is 18.0. The molecule has 8 heteroatoms. The summed E-state index contributed by atoms with van der Waals surface area (Å²) in [7, 11) is -3.41. The molecule has 0 radical (unpaired) electrons. The van der Waals surface area contributed by atoms with Crippen molar-refractivity contribution in [2.75, 3.05) is 17.6 Å². The van der Waals surface area contributed by atoms with E-state index in [-0.39, 0.29) is 5.95 Å². The normalized spacial score (nSPS) is 22.8. The maximum atomic E-state index is 11.6. The summed E-state index contributed by atoms with van der Waals surface area (Å²) in [5.74, 6) is 2.99. The quantitative estimate of drug-likeness (QED) is 0.515. The minimum atomic E-state index is -3.41. The zero-order valence-electron chi connectivity index (χ0n) is 17.2. The highest BCUT2D eigenvalue weighted by molar-refractivity contribution is 7.91. The first-order valence-corrected chi connectivity index (χ1v) is 12.3. The Balaban J connectivity index is 1.43. The summed E-state index contributed by atoms with van der Waals surface area (Å²) in [6, 6.07) is 1.87. The van der Waals surface area contributed by atoms with Crippen LogP contribution in [0.4, 0.5) is 5.95 Å². The van der Waals surface area contributed by atoms with Crippen molar-refractivity contribution >= 4 is 21.6 Å². The highest BCUT2D eigenvalue weighted by Gasteiger charge is 2.28. The molecule has 2 saturated carbocycles. The molecule has 2 atom stereocenters. The average molecular weight is 419 g/mol. The van der Waals surface area contributed by atoms with Gasteiger partial charge in [0.15, 0.2) is 5.65 Å². The SMILES string of the molecule is C=C1CC(C)CC(CCCOc2cc3nnc(NS(C)(=O)=O)n3cc2C2CC2)C1. The van der Waals surface area contributed by atoms with Gasteiger partial charge in [0.05, 0.1) is 12.9 Å². The van der Waals surface area contributed by atoms with E-state index in [0.717, 1.165) is 61.5 Å². The number of hydrogen-bond donors (Lipinski definition) is 1. The van der Waals surface area contributed by atoms with Crippen LogP contribution < -0.4 is 9.46 Å². The number of aromatic nitrogens is 3. The van der Waals surface area contributed by atoms with E-state index in [9.17, 15) is 8.42 Å². The van der Waals surface area contributed by atoms with Crippen molar-refractivity contribution in [1.82, 2.24) is 14.6 Å². The van der Waals surface area contributed by atoms with Gasteiger partial charge in [-0.05, 0) is 62.7 Å². The zero-order chi connectivity index (χ0) is 20.6. The van der Waals surface area contributed by atoms with Gasteiger partial charge >= 0.3 is 0 Å². The summed E-state index contributed by atoms with van der Waals surface area (Å²) >= 11 is 0. The molecule has 0 spiro atoms. The average Bonchev–Trinajstić information content (AvgIpc) is 3.39. The molecule has 1 N–H and O–H groups in total. The molecular formula is C21H30N4O3S. The molecule has 7 nitrogen and oxygen atoms in total. The second-order valence-corrected chi connectivity index (χ2v) is 10.6. The standard InChI is InChI=1S/C21H30N4O3S/c1-14-9-15(2)11-16(10-14)5-4-8-28-19-12-20-22-23-21(24-29(3,26)27)25(20)13-18(19)17-6-7-17/h12-13,15-17H,1,4-11H2,2-3H3,(H,23,24). The Bertz CT molecular complexity index is 1010. The van der Waals surface area contributed by atoms with E-state index >= 15 is 0 Å². The van der Waals surface area contributed by atoms with Crippen molar-refractivity contribution in [3.05, 3.63) is 30.0 Å². The van der Waals surface area contributed by atoms with E-state index in [1.807, 2.05) is 12.3 Å². The Morgan fingerprint density at radius 1 is 1.31 bits per heavy atom. The first-order valence-electron chi connectivity index (χ1n) is 10.4. The van der Waals surface area contributed by atoms with Gasteiger partial charge in [-0.3, -0.25) is 9.12 Å². The van der Waals surface area contributed by atoms with Crippen LogP contribution in [0.5, 0.6) is 5.75 Å². The van der Waals surface area contributed by atoms with Gasteiger partial charge in [0.25, 0.3) is 0 Å². The molecule has 4 rings (SSSR count). The molecule has 2 heterocycles. The Kier molecular flexibility index (Phi) is 5.55. The largest absolute Gasteiger partial charge is 0.493 e. The smallest absolute Gasteiger partial charge is 0.242 e. The van der Waals surface area contributed by atoms with E-state index < -0.39 is 10.0 Å². The van der Waals surface area contributed by atoms with E-state index in [4.69, 9.17) is 4.74 Å². The maximum absolute atomic E-state index is 11.6. The van der Waals surface area contributed by atoms with Crippen LogP contribution in [-0.2, 0) is 10.0 Å². The summed E-state index contributed by atoms with van der Waals surface area (Å²) in [6.07, 6.45) is 11.1.